The first-order chi connectivity index (χ1) is 11.3. The number of hydrogen-bond donors (Lipinski definition) is 1. The molecule has 1 aliphatic heterocycles. The van der Waals surface area contributed by atoms with Gasteiger partial charge >= 0.3 is 6.03 Å². The normalized spacial score (nSPS) is 17.7. The Balaban J connectivity index is 1.79. The van der Waals surface area contributed by atoms with Gasteiger partial charge in [0.25, 0.3) is 0 Å². The molecule has 1 atom stereocenters. The number of nitrogens with zero attached hydrogens (tertiary/aromatic N) is 3. The number of carbonyl (C=O) groups is 1. The highest BCUT2D eigenvalue weighted by molar-refractivity contribution is 5.74. The van der Waals surface area contributed by atoms with Crippen LogP contribution in [0, 0.1) is 0 Å². The Bertz CT molecular complexity index is 668. The molecule has 6 heteroatoms. The Labute approximate surface area is 135 Å². The highest BCUT2D eigenvalue weighted by Crippen LogP contribution is 2.31. The zero-order valence-electron chi connectivity index (χ0n) is 12.9. The number of carbonyl (C=O) groups excluding carboxylic acids is 1. The van der Waals surface area contributed by atoms with Crippen molar-refractivity contribution in [1.29, 1.82) is 0 Å². The topological polar surface area (TPSA) is 71.3 Å². The van der Waals surface area contributed by atoms with E-state index in [0.717, 1.165) is 24.8 Å². The van der Waals surface area contributed by atoms with Crippen LogP contribution in [-0.2, 0) is 0 Å². The maximum absolute atomic E-state index is 12.3. The lowest BCUT2D eigenvalue weighted by molar-refractivity contribution is 0.133. The Morgan fingerprint density at radius 1 is 1.39 bits per heavy atom. The molecule has 0 bridgehead atoms. The molecule has 2 aromatic rings. The van der Waals surface area contributed by atoms with Crippen LogP contribution < -0.4 is 5.32 Å². The third-order valence-corrected chi connectivity index (χ3v) is 3.92. The average molecular weight is 312 g/mol. The number of nitrogens with one attached hydrogen (secondary N) is 1. The molecule has 0 radical (unpaired) electrons. The predicted molar refractivity (Wildman–Crippen MR) is 86.6 cm³/mol. The first kappa shape index (κ1) is 15.3. The minimum absolute atomic E-state index is 0.117. The first-order valence-electron chi connectivity index (χ1n) is 7.84. The molecule has 23 heavy (non-hydrogen) atoms. The number of amides is 2. The van der Waals surface area contributed by atoms with Crippen molar-refractivity contribution in [3.63, 3.8) is 0 Å². The largest absolute Gasteiger partial charge is 0.337 e. The summed E-state index contributed by atoms with van der Waals surface area (Å²) in [6.07, 6.45) is 4.52. The van der Waals surface area contributed by atoms with Gasteiger partial charge in [-0.1, -0.05) is 41.6 Å². The Kier molecular flexibility index (Phi) is 4.71. The van der Waals surface area contributed by atoms with Crippen molar-refractivity contribution < 1.29 is 9.32 Å². The van der Waals surface area contributed by atoms with E-state index in [-0.39, 0.29) is 12.1 Å². The Morgan fingerprint density at radius 3 is 3.00 bits per heavy atom. The van der Waals surface area contributed by atoms with E-state index in [0.29, 0.717) is 24.8 Å². The zero-order chi connectivity index (χ0) is 16.1. The van der Waals surface area contributed by atoms with Gasteiger partial charge in [-0.15, -0.1) is 6.58 Å². The van der Waals surface area contributed by atoms with Gasteiger partial charge in [-0.3, -0.25) is 0 Å². The highest BCUT2D eigenvalue weighted by Gasteiger charge is 2.32. The van der Waals surface area contributed by atoms with Gasteiger partial charge in [-0.25, -0.2) is 4.79 Å². The monoisotopic (exact) mass is 312 g/mol. The molecule has 1 saturated heterocycles. The average Bonchev–Trinajstić information content (AvgIpc) is 3.10. The lowest BCUT2D eigenvalue weighted by Crippen LogP contribution is -2.44. The lowest BCUT2D eigenvalue weighted by Gasteiger charge is -2.33. The number of piperidine rings is 1. The minimum Gasteiger partial charge on any atom is -0.337 e. The van der Waals surface area contributed by atoms with E-state index in [2.05, 4.69) is 22.0 Å². The molecule has 0 aliphatic carbocycles. The van der Waals surface area contributed by atoms with E-state index in [1.165, 1.54) is 0 Å². The molecule has 2 heterocycles. The number of benzene rings is 1. The van der Waals surface area contributed by atoms with Crippen molar-refractivity contribution in [1.82, 2.24) is 20.4 Å². The van der Waals surface area contributed by atoms with Gasteiger partial charge in [-0.2, -0.15) is 4.98 Å². The second-order valence-corrected chi connectivity index (χ2v) is 5.50. The molecule has 1 aromatic carbocycles. The van der Waals surface area contributed by atoms with Crippen LogP contribution in [0.15, 0.2) is 47.5 Å². The fourth-order valence-corrected chi connectivity index (χ4v) is 2.77. The van der Waals surface area contributed by atoms with E-state index < -0.39 is 0 Å². The van der Waals surface area contributed by atoms with Gasteiger partial charge in [0.15, 0.2) is 0 Å². The van der Waals surface area contributed by atoms with Gasteiger partial charge in [0.05, 0.1) is 0 Å². The molecule has 1 fully saturated rings. The summed E-state index contributed by atoms with van der Waals surface area (Å²) < 4.78 is 5.44. The number of rotatable bonds is 4. The molecule has 0 spiro atoms. The van der Waals surface area contributed by atoms with Crippen LogP contribution in [0.3, 0.4) is 0 Å². The molecule has 1 unspecified atom stereocenters. The predicted octanol–water partition coefficient (Wildman–Crippen LogP) is 3.16. The van der Waals surface area contributed by atoms with Gasteiger partial charge in [0.1, 0.15) is 6.04 Å². The summed E-state index contributed by atoms with van der Waals surface area (Å²) in [5, 5.41) is 6.88. The van der Waals surface area contributed by atoms with Crippen molar-refractivity contribution in [3.8, 4) is 11.4 Å². The molecule has 6 nitrogen and oxygen atoms in total. The third-order valence-electron chi connectivity index (χ3n) is 3.92. The summed E-state index contributed by atoms with van der Waals surface area (Å²) in [4.78, 5) is 18.6. The van der Waals surface area contributed by atoms with Crippen molar-refractivity contribution in [2.75, 3.05) is 13.1 Å². The molecule has 1 aromatic heterocycles. The van der Waals surface area contributed by atoms with Crippen LogP contribution in [0.2, 0.25) is 0 Å². The summed E-state index contributed by atoms with van der Waals surface area (Å²) in [6.45, 7) is 4.75. The maximum Gasteiger partial charge on any atom is 0.318 e. The number of urea groups is 1. The van der Waals surface area contributed by atoms with Crippen molar-refractivity contribution >= 4 is 6.03 Å². The van der Waals surface area contributed by atoms with E-state index in [1.54, 1.807) is 11.0 Å². The summed E-state index contributed by atoms with van der Waals surface area (Å²) in [5.74, 6) is 1.05. The number of hydrogen-bond acceptors (Lipinski definition) is 4. The second kappa shape index (κ2) is 7.09. The first-order valence-corrected chi connectivity index (χ1v) is 7.84. The van der Waals surface area contributed by atoms with Crippen LogP contribution >= 0.6 is 0 Å². The maximum atomic E-state index is 12.3. The van der Waals surface area contributed by atoms with E-state index >= 15 is 0 Å². The molecule has 1 N–H and O–H groups in total. The summed E-state index contributed by atoms with van der Waals surface area (Å²) in [5.41, 5.74) is 0.904. The molecular weight excluding hydrogens is 292 g/mol. The number of likely N-dealkylation sites (tertiary alicyclic amines) is 1. The number of aromatic nitrogens is 2. The van der Waals surface area contributed by atoms with Crippen LogP contribution in [0.1, 0.15) is 31.2 Å². The third kappa shape index (κ3) is 3.41. The molecule has 2 amide bonds. The zero-order valence-corrected chi connectivity index (χ0v) is 12.9. The lowest BCUT2D eigenvalue weighted by atomic mass is 10.0. The van der Waals surface area contributed by atoms with Crippen LogP contribution in [-0.4, -0.2) is 34.2 Å². The van der Waals surface area contributed by atoms with E-state index in [4.69, 9.17) is 4.52 Å². The summed E-state index contributed by atoms with van der Waals surface area (Å²) in [6, 6.07) is 9.39. The van der Waals surface area contributed by atoms with Crippen molar-refractivity contribution in [2.45, 2.75) is 25.3 Å². The molecule has 120 valence electrons. The van der Waals surface area contributed by atoms with Gasteiger partial charge in [0, 0.05) is 18.7 Å². The second-order valence-electron chi connectivity index (χ2n) is 5.50. The van der Waals surface area contributed by atoms with E-state index in [1.807, 2.05) is 30.3 Å². The minimum atomic E-state index is -0.168. The fourth-order valence-electron chi connectivity index (χ4n) is 2.77. The fraction of sp³-hybridized carbons (Fsp3) is 0.353. The van der Waals surface area contributed by atoms with Gasteiger partial charge < -0.3 is 14.7 Å². The smallest absolute Gasteiger partial charge is 0.318 e. The quantitative estimate of drug-likeness (QED) is 0.880. The van der Waals surface area contributed by atoms with Gasteiger partial charge in [-0.05, 0) is 19.3 Å². The van der Waals surface area contributed by atoms with Crippen LogP contribution in [0.5, 0.6) is 0 Å². The standard InChI is InChI=1S/C17H20N4O2/c1-2-11-18-17(22)21-12-7-6-10-14(21)16-19-15(20-23-16)13-8-4-3-5-9-13/h2-5,8-9,14H,1,6-7,10-12H2,(H,18,22). The van der Waals surface area contributed by atoms with Crippen LogP contribution in [0.25, 0.3) is 11.4 Å². The molecule has 1 aliphatic rings. The Morgan fingerprint density at radius 2 is 2.22 bits per heavy atom. The summed E-state index contributed by atoms with van der Waals surface area (Å²) >= 11 is 0. The molecular formula is C17H20N4O2. The Hall–Kier alpha value is -2.63. The SMILES string of the molecule is C=CCNC(=O)N1CCCCC1c1nc(-c2ccccc2)no1. The van der Waals surface area contributed by atoms with Gasteiger partial charge in [0.2, 0.25) is 11.7 Å². The van der Waals surface area contributed by atoms with E-state index in [9.17, 15) is 4.79 Å². The van der Waals surface area contributed by atoms with Crippen molar-refractivity contribution in [3.05, 3.63) is 48.9 Å². The highest BCUT2D eigenvalue weighted by atomic mass is 16.5. The summed E-state index contributed by atoms with van der Waals surface area (Å²) in [7, 11) is 0. The molecule has 0 saturated carbocycles. The van der Waals surface area contributed by atoms with Crippen molar-refractivity contribution in [2.24, 2.45) is 0 Å². The van der Waals surface area contributed by atoms with Crippen LogP contribution in [0.4, 0.5) is 4.79 Å². The molecule has 3 rings (SSSR count).